The number of carbonyl (C=O) groups is 1. The minimum Gasteiger partial charge on any atom is -0.469 e. The number of esters is 1. The summed E-state index contributed by atoms with van der Waals surface area (Å²) in [5.41, 5.74) is 5.83. The van der Waals surface area contributed by atoms with Gasteiger partial charge in [-0.1, -0.05) is 0 Å². The van der Waals surface area contributed by atoms with Crippen LogP contribution in [-0.2, 0) is 9.53 Å². The molecule has 0 aromatic heterocycles. The van der Waals surface area contributed by atoms with Gasteiger partial charge >= 0.3 is 5.97 Å². The van der Waals surface area contributed by atoms with Crippen molar-refractivity contribution in [1.82, 2.24) is 0 Å². The van der Waals surface area contributed by atoms with Gasteiger partial charge in [0.05, 0.1) is 7.11 Å². The van der Waals surface area contributed by atoms with Crippen molar-refractivity contribution in [1.29, 1.82) is 0 Å². The van der Waals surface area contributed by atoms with Crippen LogP contribution in [0.2, 0.25) is 0 Å². The molecule has 1 fully saturated rings. The summed E-state index contributed by atoms with van der Waals surface area (Å²) in [6.45, 7) is 0. The lowest BCUT2D eigenvalue weighted by atomic mass is 9.99. The molecular weight excluding hydrogens is 174 g/mol. The number of nitrogens with two attached hydrogens (primary N) is 1. The first-order valence-corrected chi connectivity index (χ1v) is 5.29. The quantitative estimate of drug-likeness (QED) is 0.662. The molecule has 0 unspecified atom stereocenters. The standard InChI is InChI=1S/C8H15NO2S/c1-11-8(10)3-2-6-4-12-5-7(6)9/h6-7H,2-5,9H2,1H3/t6-,7-/m0/s1. The Morgan fingerprint density at radius 1 is 1.67 bits per heavy atom. The van der Waals surface area contributed by atoms with Crippen LogP contribution in [0.3, 0.4) is 0 Å². The first kappa shape index (κ1) is 9.86. The van der Waals surface area contributed by atoms with E-state index in [4.69, 9.17) is 5.73 Å². The predicted octanol–water partition coefficient (Wildman–Crippen LogP) is 0.630. The van der Waals surface area contributed by atoms with Gasteiger partial charge in [-0.15, -0.1) is 0 Å². The summed E-state index contributed by atoms with van der Waals surface area (Å²) in [5, 5.41) is 0. The topological polar surface area (TPSA) is 52.3 Å². The summed E-state index contributed by atoms with van der Waals surface area (Å²) in [6.07, 6.45) is 1.39. The summed E-state index contributed by atoms with van der Waals surface area (Å²) in [5.74, 6) is 2.51. The molecule has 4 heteroatoms. The second-order valence-corrected chi connectivity index (χ2v) is 4.15. The first-order chi connectivity index (χ1) is 5.74. The molecule has 0 aromatic carbocycles. The van der Waals surface area contributed by atoms with Gasteiger partial charge in [0.25, 0.3) is 0 Å². The fraction of sp³-hybridized carbons (Fsp3) is 0.875. The Kier molecular flexibility index (Phi) is 3.88. The van der Waals surface area contributed by atoms with Crippen LogP contribution in [0.4, 0.5) is 0 Å². The minimum absolute atomic E-state index is 0.126. The largest absolute Gasteiger partial charge is 0.469 e. The van der Waals surface area contributed by atoms with Crippen molar-refractivity contribution in [2.24, 2.45) is 11.7 Å². The van der Waals surface area contributed by atoms with Crippen molar-refractivity contribution in [3.63, 3.8) is 0 Å². The minimum atomic E-state index is -0.126. The molecule has 2 atom stereocenters. The maximum Gasteiger partial charge on any atom is 0.305 e. The van der Waals surface area contributed by atoms with Crippen LogP contribution >= 0.6 is 11.8 Å². The van der Waals surface area contributed by atoms with E-state index in [-0.39, 0.29) is 12.0 Å². The summed E-state index contributed by atoms with van der Waals surface area (Å²) < 4.78 is 4.56. The molecule has 12 heavy (non-hydrogen) atoms. The number of ether oxygens (including phenoxy) is 1. The van der Waals surface area contributed by atoms with E-state index < -0.39 is 0 Å². The molecule has 3 nitrogen and oxygen atoms in total. The highest BCUT2D eigenvalue weighted by molar-refractivity contribution is 7.99. The lowest BCUT2D eigenvalue weighted by Crippen LogP contribution is -2.28. The Morgan fingerprint density at radius 3 is 2.92 bits per heavy atom. The lowest BCUT2D eigenvalue weighted by molar-refractivity contribution is -0.140. The number of thioether (sulfide) groups is 1. The van der Waals surface area contributed by atoms with E-state index in [1.165, 1.54) is 7.11 Å². The highest BCUT2D eigenvalue weighted by atomic mass is 32.2. The molecule has 1 aliphatic heterocycles. The van der Waals surface area contributed by atoms with Crippen LogP contribution in [0, 0.1) is 5.92 Å². The smallest absolute Gasteiger partial charge is 0.305 e. The number of hydrogen-bond acceptors (Lipinski definition) is 4. The van der Waals surface area contributed by atoms with Crippen LogP contribution in [0.15, 0.2) is 0 Å². The molecular formula is C8H15NO2S. The summed E-state index contributed by atoms with van der Waals surface area (Å²) in [6, 6.07) is 0.277. The van der Waals surface area contributed by atoms with Gasteiger partial charge in [-0.3, -0.25) is 4.79 Å². The zero-order valence-corrected chi connectivity index (χ0v) is 8.10. The highest BCUT2D eigenvalue weighted by Crippen LogP contribution is 2.26. The van der Waals surface area contributed by atoms with Crippen molar-refractivity contribution < 1.29 is 9.53 Å². The molecule has 0 radical (unpaired) electrons. The molecule has 0 aromatic rings. The monoisotopic (exact) mass is 189 g/mol. The average molecular weight is 189 g/mol. The normalized spacial score (nSPS) is 28.8. The number of hydrogen-bond donors (Lipinski definition) is 1. The molecule has 1 rings (SSSR count). The lowest BCUT2D eigenvalue weighted by Gasteiger charge is -2.12. The third-order valence-electron chi connectivity index (χ3n) is 2.19. The maximum absolute atomic E-state index is 10.8. The Balaban J connectivity index is 2.18. The van der Waals surface area contributed by atoms with Crippen molar-refractivity contribution in [3.8, 4) is 0 Å². The second kappa shape index (κ2) is 4.72. The molecule has 1 aliphatic rings. The SMILES string of the molecule is COC(=O)CC[C@H]1CSC[C@@H]1N. The molecule has 0 spiro atoms. The van der Waals surface area contributed by atoms with Crippen LogP contribution in [0.1, 0.15) is 12.8 Å². The molecule has 0 bridgehead atoms. The Bertz CT molecular complexity index is 163. The van der Waals surface area contributed by atoms with Gasteiger partial charge in [0.1, 0.15) is 0 Å². The number of rotatable bonds is 3. The predicted molar refractivity (Wildman–Crippen MR) is 50.0 cm³/mol. The third kappa shape index (κ3) is 2.68. The summed E-state index contributed by atoms with van der Waals surface area (Å²) in [4.78, 5) is 10.8. The van der Waals surface area contributed by atoms with Crippen molar-refractivity contribution >= 4 is 17.7 Å². The van der Waals surface area contributed by atoms with Crippen molar-refractivity contribution in [2.75, 3.05) is 18.6 Å². The Morgan fingerprint density at radius 2 is 2.42 bits per heavy atom. The van der Waals surface area contributed by atoms with Gasteiger partial charge in [-0.05, 0) is 18.1 Å². The Hall–Kier alpha value is -0.220. The van der Waals surface area contributed by atoms with Gasteiger partial charge in [0.15, 0.2) is 0 Å². The zero-order chi connectivity index (χ0) is 8.97. The molecule has 0 aliphatic carbocycles. The van der Waals surface area contributed by atoms with E-state index in [1.807, 2.05) is 11.8 Å². The van der Waals surface area contributed by atoms with E-state index in [0.717, 1.165) is 17.9 Å². The maximum atomic E-state index is 10.8. The van der Waals surface area contributed by atoms with E-state index in [2.05, 4.69) is 4.74 Å². The fourth-order valence-corrected chi connectivity index (χ4v) is 2.71. The van der Waals surface area contributed by atoms with Crippen LogP contribution < -0.4 is 5.73 Å². The van der Waals surface area contributed by atoms with E-state index in [0.29, 0.717) is 12.3 Å². The van der Waals surface area contributed by atoms with Gasteiger partial charge in [0, 0.05) is 18.2 Å². The molecule has 70 valence electrons. The highest BCUT2D eigenvalue weighted by Gasteiger charge is 2.24. The Labute approximate surface area is 77.0 Å². The van der Waals surface area contributed by atoms with Crippen molar-refractivity contribution in [3.05, 3.63) is 0 Å². The van der Waals surface area contributed by atoms with Gasteiger partial charge < -0.3 is 10.5 Å². The first-order valence-electron chi connectivity index (χ1n) is 4.14. The molecule has 1 saturated heterocycles. The van der Waals surface area contributed by atoms with Gasteiger partial charge in [-0.2, -0.15) is 11.8 Å². The summed E-state index contributed by atoms with van der Waals surface area (Å²) >= 11 is 1.87. The van der Waals surface area contributed by atoms with Crippen LogP contribution in [0.5, 0.6) is 0 Å². The second-order valence-electron chi connectivity index (χ2n) is 3.08. The van der Waals surface area contributed by atoms with E-state index in [1.54, 1.807) is 0 Å². The third-order valence-corrected chi connectivity index (χ3v) is 3.48. The molecule has 0 saturated carbocycles. The zero-order valence-electron chi connectivity index (χ0n) is 7.29. The molecule has 2 N–H and O–H groups in total. The number of carbonyl (C=O) groups excluding carboxylic acids is 1. The molecule has 1 heterocycles. The summed E-state index contributed by atoms with van der Waals surface area (Å²) in [7, 11) is 1.42. The average Bonchev–Trinajstić information content (AvgIpc) is 2.47. The van der Waals surface area contributed by atoms with Crippen molar-refractivity contribution in [2.45, 2.75) is 18.9 Å². The number of methoxy groups -OCH3 is 1. The van der Waals surface area contributed by atoms with E-state index in [9.17, 15) is 4.79 Å². The van der Waals surface area contributed by atoms with Crippen LogP contribution in [0.25, 0.3) is 0 Å². The molecule has 0 amide bonds. The van der Waals surface area contributed by atoms with Gasteiger partial charge in [0.2, 0.25) is 0 Å². The van der Waals surface area contributed by atoms with Gasteiger partial charge in [-0.25, -0.2) is 0 Å². The fourth-order valence-electron chi connectivity index (χ4n) is 1.32. The van der Waals surface area contributed by atoms with Crippen LogP contribution in [-0.4, -0.2) is 30.6 Å². The van der Waals surface area contributed by atoms with E-state index >= 15 is 0 Å².